The zero-order valence-electron chi connectivity index (χ0n) is 9.42. The van der Waals surface area contributed by atoms with Crippen molar-refractivity contribution in [2.45, 2.75) is 31.7 Å². The van der Waals surface area contributed by atoms with Gasteiger partial charge in [-0.2, -0.15) is 8.78 Å². The van der Waals surface area contributed by atoms with E-state index >= 15 is 0 Å². The van der Waals surface area contributed by atoms with E-state index in [1.807, 2.05) is 0 Å². The first-order chi connectivity index (χ1) is 7.63. The molecule has 1 nitrogen and oxygen atoms in total. The summed E-state index contributed by atoms with van der Waals surface area (Å²) in [5.74, 6) is -2.16. The van der Waals surface area contributed by atoms with Gasteiger partial charge in [0.25, 0.3) is 5.92 Å². The molecular formula is C13H17F2N. The van der Waals surface area contributed by atoms with Crippen molar-refractivity contribution in [3.63, 3.8) is 0 Å². The standard InChI is InChI=1S/C13H17F2N/c1-2-10-8-12(10)16-9-13(14,15)11-6-4-3-5-7-11/h3-7,10,12,16H,2,8-9H2,1H3. The van der Waals surface area contributed by atoms with Gasteiger partial charge in [0.15, 0.2) is 0 Å². The number of rotatable bonds is 5. The molecule has 1 aliphatic carbocycles. The summed E-state index contributed by atoms with van der Waals surface area (Å²) in [5.41, 5.74) is 0.0937. The molecule has 1 aromatic carbocycles. The summed E-state index contributed by atoms with van der Waals surface area (Å²) in [6.45, 7) is 1.85. The SMILES string of the molecule is CCC1CC1NCC(F)(F)c1ccccc1. The van der Waals surface area contributed by atoms with Gasteiger partial charge in [-0.15, -0.1) is 0 Å². The summed E-state index contributed by atoms with van der Waals surface area (Å²) >= 11 is 0. The van der Waals surface area contributed by atoms with Gasteiger partial charge < -0.3 is 5.32 Å². The second-order valence-electron chi connectivity index (χ2n) is 4.46. The average molecular weight is 225 g/mol. The topological polar surface area (TPSA) is 12.0 Å². The van der Waals surface area contributed by atoms with E-state index in [9.17, 15) is 8.78 Å². The van der Waals surface area contributed by atoms with Gasteiger partial charge in [-0.05, 0) is 12.3 Å². The molecule has 0 spiro atoms. The van der Waals surface area contributed by atoms with E-state index in [-0.39, 0.29) is 12.1 Å². The van der Waals surface area contributed by atoms with E-state index in [0.29, 0.717) is 12.0 Å². The maximum Gasteiger partial charge on any atom is 0.285 e. The van der Waals surface area contributed by atoms with Crippen molar-refractivity contribution in [3.05, 3.63) is 35.9 Å². The largest absolute Gasteiger partial charge is 0.308 e. The average Bonchev–Trinajstić information content (AvgIpc) is 3.06. The minimum Gasteiger partial charge on any atom is -0.308 e. The lowest BCUT2D eigenvalue weighted by Gasteiger charge is -2.17. The molecule has 0 amide bonds. The Kier molecular flexibility index (Phi) is 3.24. The number of benzene rings is 1. The van der Waals surface area contributed by atoms with Crippen LogP contribution in [0.3, 0.4) is 0 Å². The molecule has 0 heterocycles. The van der Waals surface area contributed by atoms with E-state index in [2.05, 4.69) is 12.2 Å². The van der Waals surface area contributed by atoms with Crippen molar-refractivity contribution >= 4 is 0 Å². The molecule has 1 aromatic rings. The molecule has 2 atom stereocenters. The molecule has 2 unspecified atom stereocenters. The highest BCUT2D eigenvalue weighted by atomic mass is 19.3. The predicted octanol–water partition coefficient (Wildman–Crippen LogP) is 3.17. The van der Waals surface area contributed by atoms with Gasteiger partial charge in [0.05, 0.1) is 6.54 Å². The summed E-state index contributed by atoms with van der Waals surface area (Å²) in [5, 5.41) is 2.95. The molecule has 2 rings (SSSR count). The molecule has 1 aliphatic rings. The third-order valence-corrected chi connectivity index (χ3v) is 3.23. The molecule has 88 valence electrons. The van der Waals surface area contributed by atoms with Crippen molar-refractivity contribution in [3.8, 4) is 0 Å². The Bertz CT molecular complexity index is 337. The lowest BCUT2D eigenvalue weighted by Crippen LogP contribution is -2.32. The Labute approximate surface area is 94.9 Å². The summed E-state index contributed by atoms with van der Waals surface area (Å²) in [6, 6.07) is 8.31. The minimum absolute atomic E-state index is 0.0937. The van der Waals surface area contributed by atoms with Crippen LogP contribution in [0.2, 0.25) is 0 Å². The van der Waals surface area contributed by atoms with Crippen molar-refractivity contribution < 1.29 is 8.78 Å². The van der Waals surface area contributed by atoms with Crippen LogP contribution in [0.15, 0.2) is 30.3 Å². The fourth-order valence-corrected chi connectivity index (χ4v) is 1.99. The number of hydrogen-bond donors (Lipinski definition) is 1. The van der Waals surface area contributed by atoms with Crippen molar-refractivity contribution in [2.75, 3.05) is 6.54 Å². The Morgan fingerprint density at radius 2 is 2.00 bits per heavy atom. The highest BCUT2D eigenvalue weighted by Crippen LogP contribution is 2.35. The highest BCUT2D eigenvalue weighted by molar-refractivity contribution is 5.20. The lowest BCUT2D eigenvalue weighted by molar-refractivity contribution is -0.00379. The van der Waals surface area contributed by atoms with Crippen LogP contribution >= 0.6 is 0 Å². The molecule has 0 radical (unpaired) electrons. The van der Waals surface area contributed by atoms with Crippen molar-refractivity contribution in [1.82, 2.24) is 5.32 Å². The summed E-state index contributed by atoms with van der Waals surface area (Å²) in [4.78, 5) is 0. The van der Waals surface area contributed by atoms with Crippen LogP contribution in [0.4, 0.5) is 8.78 Å². The number of hydrogen-bond acceptors (Lipinski definition) is 1. The maximum absolute atomic E-state index is 13.7. The van der Waals surface area contributed by atoms with Gasteiger partial charge in [-0.25, -0.2) is 0 Å². The van der Waals surface area contributed by atoms with Gasteiger partial charge in [0.2, 0.25) is 0 Å². The zero-order chi connectivity index (χ0) is 11.6. The molecule has 1 saturated carbocycles. The van der Waals surface area contributed by atoms with Crippen LogP contribution in [0, 0.1) is 5.92 Å². The Hall–Kier alpha value is -0.960. The third kappa shape index (κ3) is 2.59. The van der Waals surface area contributed by atoms with Crippen LogP contribution in [0.25, 0.3) is 0 Å². The first-order valence-corrected chi connectivity index (χ1v) is 5.80. The monoisotopic (exact) mass is 225 g/mol. The van der Waals surface area contributed by atoms with Crippen LogP contribution in [0.1, 0.15) is 25.3 Å². The van der Waals surface area contributed by atoms with Crippen molar-refractivity contribution in [1.29, 1.82) is 0 Å². The summed E-state index contributed by atoms with van der Waals surface area (Å²) in [6.07, 6.45) is 2.12. The predicted molar refractivity (Wildman–Crippen MR) is 60.5 cm³/mol. The fourth-order valence-electron chi connectivity index (χ4n) is 1.99. The van der Waals surface area contributed by atoms with Crippen LogP contribution < -0.4 is 5.32 Å². The molecule has 1 N–H and O–H groups in total. The van der Waals surface area contributed by atoms with Crippen LogP contribution in [-0.2, 0) is 5.92 Å². The zero-order valence-corrected chi connectivity index (χ0v) is 9.42. The van der Waals surface area contributed by atoms with Gasteiger partial charge in [-0.1, -0.05) is 43.7 Å². The molecule has 0 bridgehead atoms. The molecule has 1 fully saturated rings. The van der Waals surface area contributed by atoms with Gasteiger partial charge >= 0.3 is 0 Å². The molecule has 16 heavy (non-hydrogen) atoms. The molecule has 0 saturated heterocycles. The van der Waals surface area contributed by atoms with E-state index in [0.717, 1.165) is 12.8 Å². The van der Waals surface area contributed by atoms with E-state index in [4.69, 9.17) is 0 Å². The molecule has 0 aromatic heterocycles. The second-order valence-corrected chi connectivity index (χ2v) is 4.46. The van der Waals surface area contributed by atoms with E-state index in [1.54, 1.807) is 18.2 Å². The number of alkyl halides is 2. The Morgan fingerprint density at radius 1 is 1.31 bits per heavy atom. The summed E-state index contributed by atoms with van der Waals surface area (Å²) < 4.78 is 27.4. The first-order valence-electron chi connectivity index (χ1n) is 5.80. The normalized spacial score (nSPS) is 24.4. The molecule has 3 heteroatoms. The van der Waals surface area contributed by atoms with Crippen molar-refractivity contribution in [2.24, 2.45) is 5.92 Å². The van der Waals surface area contributed by atoms with Gasteiger partial charge in [0.1, 0.15) is 0 Å². The highest BCUT2D eigenvalue weighted by Gasteiger charge is 2.39. The van der Waals surface area contributed by atoms with E-state index in [1.165, 1.54) is 12.1 Å². The van der Waals surface area contributed by atoms with E-state index < -0.39 is 5.92 Å². The number of nitrogens with one attached hydrogen (secondary N) is 1. The van der Waals surface area contributed by atoms with Crippen LogP contribution in [-0.4, -0.2) is 12.6 Å². The van der Waals surface area contributed by atoms with Gasteiger partial charge in [-0.3, -0.25) is 0 Å². The van der Waals surface area contributed by atoms with Gasteiger partial charge in [0, 0.05) is 11.6 Å². The van der Waals surface area contributed by atoms with Crippen LogP contribution in [0.5, 0.6) is 0 Å². The number of halogens is 2. The summed E-state index contributed by atoms with van der Waals surface area (Å²) in [7, 11) is 0. The lowest BCUT2D eigenvalue weighted by atomic mass is 10.1. The smallest absolute Gasteiger partial charge is 0.285 e. The Balaban J connectivity index is 1.88. The molecule has 0 aliphatic heterocycles. The fraction of sp³-hybridized carbons (Fsp3) is 0.538. The quantitative estimate of drug-likeness (QED) is 0.811. The minimum atomic E-state index is -2.76. The maximum atomic E-state index is 13.7. The Morgan fingerprint density at radius 3 is 2.56 bits per heavy atom. The second kappa shape index (κ2) is 4.50. The third-order valence-electron chi connectivity index (χ3n) is 3.23. The molecular weight excluding hydrogens is 208 g/mol. The first kappa shape index (κ1) is 11.5.